The zero-order valence-electron chi connectivity index (χ0n) is 12.3. The molecule has 1 atom stereocenters. The van der Waals surface area contributed by atoms with E-state index >= 15 is 0 Å². The molecule has 21 heavy (non-hydrogen) atoms. The third-order valence-electron chi connectivity index (χ3n) is 3.40. The van der Waals surface area contributed by atoms with Crippen molar-refractivity contribution in [1.82, 2.24) is 14.7 Å². The standard InChI is InChI=1S/C15H19BrClN3O/c1-15(21,11-5-4-6-12(17)9-11)14-13(16)10-18-20(14)8-7-19(2)3/h4-6,9-10,21H,7-8H2,1-3H3. The average molecular weight is 373 g/mol. The quantitative estimate of drug-likeness (QED) is 0.877. The van der Waals surface area contributed by atoms with E-state index < -0.39 is 5.60 Å². The minimum Gasteiger partial charge on any atom is -0.379 e. The lowest BCUT2D eigenvalue weighted by Crippen LogP contribution is -2.29. The van der Waals surface area contributed by atoms with Crippen molar-refractivity contribution in [3.05, 3.63) is 51.2 Å². The lowest BCUT2D eigenvalue weighted by Gasteiger charge is -2.26. The molecule has 2 aromatic rings. The van der Waals surface area contributed by atoms with Crippen LogP contribution in [0.3, 0.4) is 0 Å². The molecule has 1 unspecified atom stereocenters. The number of likely N-dealkylation sites (N-methyl/N-ethyl adjacent to an activating group) is 1. The molecule has 1 heterocycles. The maximum Gasteiger partial charge on any atom is 0.129 e. The molecule has 0 saturated heterocycles. The van der Waals surface area contributed by atoms with E-state index in [1.165, 1.54) is 0 Å². The van der Waals surface area contributed by atoms with Crippen LogP contribution < -0.4 is 0 Å². The second-order valence-electron chi connectivity index (χ2n) is 5.45. The molecule has 1 aromatic carbocycles. The molecule has 0 radical (unpaired) electrons. The maximum absolute atomic E-state index is 11.0. The number of aliphatic hydroxyl groups is 1. The highest BCUT2D eigenvalue weighted by molar-refractivity contribution is 9.10. The highest BCUT2D eigenvalue weighted by Gasteiger charge is 2.32. The number of rotatable bonds is 5. The number of nitrogens with zero attached hydrogens (tertiary/aromatic N) is 3. The SMILES string of the molecule is CN(C)CCn1ncc(Br)c1C(C)(O)c1cccc(Cl)c1. The largest absolute Gasteiger partial charge is 0.379 e. The summed E-state index contributed by atoms with van der Waals surface area (Å²) in [5.41, 5.74) is 0.293. The molecule has 4 nitrogen and oxygen atoms in total. The number of aromatic nitrogens is 2. The van der Waals surface area contributed by atoms with Gasteiger partial charge in [0.1, 0.15) is 5.60 Å². The van der Waals surface area contributed by atoms with E-state index in [0.717, 1.165) is 22.3 Å². The molecule has 0 bridgehead atoms. The Morgan fingerprint density at radius 1 is 1.43 bits per heavy atom. The Labute approximate surface area is 138 Å². The first kappa shape index (κ1) is 16.5. The summed E-state index contributed by atoms with van der Waals surface area (Å²) in [6.07, 6.45) is 1.71. The van der Waals surface area contributed by atoms with Gasteiger partial charge < -0.3 is 10.0 Å². The summed E-state index contributed by atoms with van der Waals surface area (Å²) in [6.45, 7) is 3.30. The number of hydrogen-bond donors (Lipinski definition) is 1. The van der Waals surface area contributed by atoms with Gasteiger partial charge in [0.15, 0.2) is 0 Å². The first-order valence-corrected chi connectivity index (χ1v) is 7.84. The smallest absolute Gasteiger partial charge is 0.129 e. The summed E-state index contributed by atoms with van der Waals surface area (Å²) in [5, 5.41) is 16.0. The van der Waals surface area contributed by atoms with Gasteiger partial charge in [0, 0.05) is 11.6 Å². The van der Waals surface area contributed by atoms with Gasteiger partial charge in [-0.1, -0.05) is 23.7 Å². The fourth-order valence-electron chi connectivity index (χ4n) is 2.24. The Morgan fingerprint density at radius 2 is 2.14 bits per heavy atom. The highest BCUT2D eigenvalue weighted by atomic mass is 79.9. The van der Waals surface area contributed by atoms with Gasteiger partial charge in [0.05, 0.1) is 22.9 Å². The van der Waals surface area contributed by atoms with Crippen molar-refractivity contribution in [2.24, 2.45) is 0 Å². The summed E-state index contributed by atoms with van der Waals surface area (Å²) < 4.78 is 2.61. The fourth-order valence-corrected chi connectivity index (χ4v) is 3.11. The number of benzene rings is 1. The molecule has 1 N–H and O–H groups in total. The third kappa shape index (κ3) is 3.66. The van der Waals surface area contributed by atoms with E-state index in [1.807, 2.05) is 30.9 Å². The predicted molar refractivity (Wildman–Crippen MR) is 88.6 cm³/mol. The second-order valence-corrected chi connectivity index (χ2v) is 6.74. The first-order chi connectivity index (χ1) is 9.82. The zero-order chi connectivity index (χ0) is 15.6. The lowest BCUT2D eigenvalue weighted by atomic mass is 9.92. The first-order valence-electron chi connectivity index (χ1n) is 6.67. The maximum atomic E-state index is 11.0. The van der Waals surface area contributed by atoms with Crippen LogP contribution in [0.1, 0.15) is 18.2 Å². The van der Waals surface area contributed by atoms with Crippen LogP contribution in [-0.4, -0.2) is 40.4 Å². The molecule has 6 heteroatoms. The Kier molecular flexibility index (Phi) is 5.09. The second kappa shape index (κ2) is 6.48. The van der Waals surface area contributed by atoms with Crippen LogP contribution in [-0.2, 0) is 12.1 Å². The summed E-state index contributed by atoms with van der Waals surface area (Å²) >= 11 is 9.53. The van der Waals surface area contributed by atoms with Crippen molar-refractivity contribution in [3.8, 4) is 0 Å². The molecular formula is C15H19BrClN3O. The predicted octanol–water partition coefficient (Wildman–Crippen LogP) is 3.12. The van der Waals surface area contributed by atoms with Crippen LogP contribution in [0.2, 0.25) is 5.02 Å². The van der Waals surface area contributed by atoms with Crippen LogP contribution in [0.15, 0.2) is 34.9 Å². The molecule has 0 aliphatic rings. The van der Waals surface area contributed by atoms with E-state index in [-0.39, 0.29) is 0 Å². The Morgan fingerprint density at radius 3 is 2.76 bits per heavy atom. The van der Waals surface area contributed by atoms with E-state index in [0.29, 0.717) is 11.6 Å². The van der Waals surface area contributed by atoms with Gasteiger partial charge in [-0.25, -0.2) is 0 Å². The molecule has 114 valence electrons. The Balaban J connectivity index is 2.42. The van der Waals surface area contributed by atoms with E-state index in [2.05, 4.69) is 25.9 Å². The summed E-state index contributed by atoms with van der Waals surface area (Å²) in [7, 11) is 4.01. The van der Waals surface area contributed by atoms with Gasteiger partial charge in [-0.3, -0.25) is 4.68 Å². The van der Waals surface area contributed by atoms with E-state index in [4.69, 9.17) is 11.6 Å². The zero-order valence-corrected chi connectivity index (χ0v) is 14.7. The molecule has 0 aliphatic heterocycles. The molecular weight excluding hydrogens is 354 g/mol. The van der Waals surface area contributed by atoms with Crippen molar-refractivity contribution >= 4 is 27.5 Å². The molecule has 2 rings (SSSR count). The monoisotopic (exact) mass is 371 g/mol. The highest BCUT2D eigenvalue weighted by Crippen LogP contribution is 2.34. The fraction of sp³-hybridized carbons (Fsp3) is 0.400. The minimum atomic E-state index is -1.17. The van der Waals surface area contributed by atoms with Crippen molar-refractivity contribution in [2.75, 3.05) is 20.6 Å². The molecule has 0 saturated carbocycles. The van der Waals surface area contributed by atoms with Crippen LogP contribution >= 0.6 is 27.5 Å². The Bertz CT molecular complexity index is 625. The number of hydrogen-bond acceptors (Lipinski definition) is 3. The molecule has 0 amide bonds. The minimum absolute atomic E-state index is 0.600. The number of halogens is 2. The van der Waals surface area contributed by atoms with Crippen molar-refractivity contribution in [1.29, 1.82) is 0 Å². The van der Waals surface area contributed by atoms with Crippen LogP contribution in [0.25, 0.3) is 0 Å². The molecule has 0 spiro atoms. The van der Waals surface area contributed by atoms with Crippen molar-refractivity contribution in [3.63, 3.8) is 0 Å². The van der Waals surface area contributed by atoms with Gasteiger partial charge in [-0.15, -0.1) is 0 Å². The van der Waals surface area contributed by atoms with Gasteiger partial charge >= 0.3 is 0 Å². The molecule has 0 aliphatic carbocycles. The summed E-state index contributed by atoms with van der Waals surface area (Å²) in [4.78, 5) is 2.08. The van der Waals surface area contributed by atoms with Crippen LogP contribution in [0, 0.1) is 0 Å². The normalized spacial score (nSPS) is 14.4. The van der Waals surface area contributed by atoms with Gasteiger partial charge in [-0.2, -0.15) is 5.10 Å². The van der Waals surface area contributed by atoms with E-state index in [1.54, 1.807) is 25.3 Å². The third-order valence-corrected chi connectivity index (χ3v) is 4.22. The van der Waals surface area contributed by atoms with Crippen molar-refractivity contribution in [2.45, 2.75) is 19.1 Å². The van der Waals surface area contributed by atoms with Gasteiger partial charge in [-0.05, 0) is 54.6 Å². The summed E-state index contributed by atoms with van der Waals surface area (Å²) in [6, 6.07) is 7.26. The molecule has 1 aromatic heterocycles. The van der Waals surface area contributed by atoms with Gasteiger partial charge in [0.2, 0.25) is 0 Å². The lowest BCUT2D eigenvalue weighted by molar-refractivity contribution is 0.0901. The topological polar surface area (TPSA) is 41.3 Å². The Hall–Kier alpha value is -0.880. The van der Waals surface area contributed by atoms with Crippen LogP contribution in [0.5, 0.6) is 0 Å². The van der Waals surface area contributed by atoms with Gasteiger partial charge in [0.25, 0.3) is 0 Å². The van der Waals surface area contributed by atoms with Crippen molar-refractivity contribution < 1.29 is 5.11 Å². The summed E-state index contributed by atoms with van der Waals surface area (Å²) in [5.74, 6) is 0. The van der Waals surface area contributed by atoms with E-state index in [9.17, 15) is 5.11 Å². The van der Waals surface area contributed by atoms with Crippen LogP contribution in [0.4, 0.5) is 0 Å². The average Bonchev–Trinajstić information content (AvgIpc) is 2.78. The molecule has 0 fully saturated rings.